The molecule has 2 amide bonds. The quantitative estimate of drug-likeness (QED) is 0.815. The van der Waals surface area contributed by atoms with Gasteiger partial charge in [-0.3, -0.25) is 0 Å². The van der Waals surface area contributed by atoms with E-state index in [-0.39, 0.29) is 11.7 Å². The van der Waals surface area contributed by atoms with Gasteiger partial charge in [-0.2, -0.15) is 0 Å². The van der Waals surface area contributed by atoms with Crippen LogP contribution in [0.15, 0.2) is 24.3 Å². The molecule has 1 aromatic rings. The van der Waals surface area contributed by atoms with Crippen LogP contribution in [0.3, 0.4) is 0 Å². The van der Waals surface area contributed by atoms with Crippen LogP contribution >= 0.6 is 0 Å². The molecule has 1 aromatic carbocycles. The lowest BCUT2D eigenvalue weighted by atomic mass is 10.0. The number of amides is 2. The number of ether oxygens (including phenoxy) is 1. The molecule has 0 radical (unpaired) electrons. The molecule has 0 bridgehead atoms. The fourth-order valence-electron chi connectivity index (χ4n) is 1.69. The Morgan fingerprint density at radius 1 is 1.25 bits per heavy atom. The SMILES string of the molecule is COC(=O)[C@@H](CC(C)C)NC(=O)Nc1ccc(F)cc1. The highest BCUT2D eigenvalue weighted by Crippen LogP contribution is 2.09. The van der Waals surface area contributed by atoms with Gasteiger partial charge in [-0.25, -0.2) is 14.0 Å². The van der Waals surface area contributed by atoms with Crippen molar-refractivity contribution in [3.05, 3.63) is 30.1 Å². The third-order valence-electron chi connectivity index (χ3n) is 2.60. The summed E-state index contributed by atoms with van der Waals surface area (Å²) in [5.74, 6) is -0.651. The van der Waals surface area contributed by atoms with Crippen molar-refractivity contribution in [2.45, 2.75) is 26.3 Å². The standard InChI is InChI=1S/C14H19FN2O3/c1-9(2)8-12(13(18)20-3)17-14(19)16-11-6-4-10(15)5-7-11/h4-7,9,12H,8H2,1-3H3,(H2,16,17,19)/t12-/m1/s1. The summed E-state index contributed by atoms with van der Waals surface area (Å²) in [5.41, 5.74) is 0.442. The highest BCUT2D eigenvalue weighted by molar-refractivity contribution is 5.92. The molecule has 1 atom stereocenters. The monoisotopic (exact) mass is 282 g/mol. The molecule has 0 aliphatic carbocycles. The molecule has 0 saturated carbocycles. The summed E-state index contributed by atoms with van der Waals surface area (Å²) in [6, 6.07) is 4.10. The van der Waals surface area contributed by atoms with Crippen molar-refractivity contribution < 1.29 is 18.7 Å². The van der Waals surface area contributed by atoms with E-state index >= 15 is 0 Å². The fourth-order valence-corrected chi connectivity index (χ4v) is 1.69. The normalized spacial score (nSPS) is 11.8. The van der Waals surface area contributed by atoms with Crippen LogP contribution in [0.25, 0.3) is 0 Å². The molecular formula is C14H19FN2O3. The van der Waals surface area contributed by atoms with E-state index in [2.05, 4.69) is 15.4 Å². The molecular weight excluding hydrogens is 263 g/mol. The number of nitrogens with one attached hydrogen (secondary N) is 2. The van der Waals surface area contributed by atoms with Gasteiger partial charge in [0.05, 0.1) is 7.11 Å². The Kier molecular flexibility index (Phi) is 5.96. The molecule has 1 rings (SSSR count). The number of anilines is 1. The largest absolute Gasteiger partial charge is 0.467 e. The van der Waals surface area contributed by atoms with Gasteiger partial charge >= 0.3 is 12.0 Å². The van der Waals surface area contributed by atoms with Gasteiger partial charge < -0.3 is 15.4 Å². The van der Waals surface area contributed by atoms with Gasteiger partial charge in [0, 0.05) is 5.69 Å². The minimum absolute atomic E-state index is 0.227. The number of rotatable bonds is 5. The third-order valence-corrected chi connectivity index (χ3v) is 2.60. The average Bonchev–Trinajstić information content (AvgIpc) is 2.39. The van der Waals surface area contributed by atoms with Gasteiger partial charge in [0.25, 0.3) is 0 Å². The Balaban J connectivity index is 2.61. The molecule has 0 saturated heterocycles. The number of esters is 1. The molecule has 110 valence electrons. The number of halogens is 1. The van der Waals surface area contributed by atoms with Crippen LogP contribution in [0.2, 0.25) is 0 Å². The van der Waals surface area contributed by atoms with Crippen LogP contribution < -0.4 is 10.6 Å². The van der Waals surface area contributed by atoms with E-state index in [0.29, 0.717) is 12.1 Å². The van der Waals surface area contributed by atoms with E-state index in [1.807, 2.05) is 13.8 Å². The van der Waals surface area contributed by atoms with Crippen molar-refractivity contribution in [2.24, 2.45) is 5.92 Å². The van der Waals surface area contributed by atoms with Gasteiger partial charge in [-0.1, -0.05) is 13.8 Å². The second-order valence-electron chi connectivity index (χ2n) is 4.81. The number of hydrogen-bond acceptors (Lipinski definition) is 3. The molecule has 0 aliphatic heterocycles. The first kappa shape index (κ1) is 15.9. The molecule has 6 heteroatoms. The smallest absolute Gasteiger partial charge is 0.328 e. The average molecular weight is 282 g/mol. The minimum atomic E-state index is -0.708. The van der Waals surface area contributed by atoms with Crippen LogP contribution in [0.5, 0.6) is 0 Å². The zero-order valence-corrected chi connectivity index (χ0v) is 11.8. The summed E-state index contributed by atoms with van der Waals surface area (Å²) in [6.45, 7) is 3.88. The predicted octanol–water partition coefficient (Wildman–Crippen LogP) is 2.53. The molecule has 5 nitrogen and oxygen atoms in total. The molecule has 0 aromatic heterocycles. The van der Waals surface area contributed by atoms with Gasteiger partial charge in [-0.05, 0) is 36.6 Å². The zero-order valence-electron chi connectivity index (χ0n) is 11.8. The molecule has 2 N–H and O–H groups in total. The van der Waals surface area contributed by atoms with Crippen molar-refractivity contribution in [3.63, 3.8) is 0 Å². The summed E-state index contributed by atoms with van der Waals surface area (Å²) in [6.07, 6.45) is 0.476. The fraction of sp³-hybridized carbons (Fsp3) is 0.429. The van der Waals surface area contributed by atoms with Crippen LogP contribution in [-0.2, 0) is 9.53 Å². The second-order valence-corrected chi connectivity index (χ2v) is 4.81. The summed E-state index contributed by atoms with van der Waals surface area (Å²) < 4.78 is 17.4. The number of methoxy groups -OCH3 is 1. The first-order valence-corrected chi connectivity index (χ1v) is 6.33. The summed E-state index contributed by atoms with van der Waals surface area (Å²) in [4.78, 5) is 23.4. The van der Waals surface area contributed by atoms with E-state index in [4.69, 9.17) is 0 Å². The van der Waals surface area contributed by atoms with Gasteiger partial charge in [-0.15, -0.1) is 0 Å². The second kappa shape index (κ2) is 7.47. The maximum Gasteiger partial charge on any atom is 0.328 e. The summed E-state index contributed by atoms with van der Waals surface area (Å²) in [5, 5.41) is 5.07. The molecule has 0 heterocycles. The van der Waals surface area contributed by atoms with E-state index < -0.39 is 18.0 Å². The Morgan fingerprint density at radius 3 is 2.35 bits per heavy atom. The molecule has 0 unspecified atom stereocenters. The number of urea groups is 1. The van der Waals surface area contributed by atoms with Crippen molar-refractivity contribution in [1.29, 1.82) is 0 Å². The van der Waals surface area contributed by atoms with Crippen LogP contribution in [0, 0.1) is 11.7 Å². The van der Waals surface area contributed by atoms with Crippen molar-refractivity contribution in [3.8, 4) is 0 Å². The van der Waals surface area contributed by atoms with Crippen LogP contribution in [0.4, 0.5) is 14.9 Å². The lowest BCUT2D eigenvalue weighted by molar-refractivity contribution is -0.143. The van der Waals surface area contributed by atoms with E-state index in [1.165, 1.54) is 31.4 Å². The van der Waals surface area contributed by atoms with E-state index in [9.17, 15) is 14.0 Å². The van der Waals surface area contributed by atoms with Crippen molar-refractivity contribution >= 4 is 17.7 Å². The lowest BCUT2D eigenvalue weighted by Gasteiger charge is -2.18. The van der Waals surface area contributed by atoms with Crippen molar-refractivity contribution in [1.82, 2.24) is 5.32 Å². The Labute approximate surface area is 117 Å². The highest BCUT2D eigenvalue weighted by Gasteiger charge is 2.22. The number of hydrogen-bond donors (Lipinski definition) is 2. The number of benzene rings is 1. The highest BCUT2D eigenvalue weighted by atomic mass is 19.1. The van der Waals surface area contributed by atoms with E-state index in [0.717, 1.165) is 0 Å². The molecule has 0 aliphatic rings. The van der Waals surface area contributed by atoms with Gasteiger partial charge in [0.1, 0.15) is 11.9 Å². The topological polar surface area (TPSA) is 67.4 Å². The molecule has 0 fully saturated rings. The third kappa shape index (κ3) is 5.26. The summed E-state index contributed by atoms with van der Waals surface area (Å²) in [7, 11) is 1.27. The van der Waals surface area contributed by atoms with Crippen LogP contribution in [-0.4, -0.2) is 25.2 Å². The molecule has 0 spiro atoms. The molecule has 20 heavy (non-hydrogen) atoms. The minimum Gasteiger partial charge on any atom is -0.467 e. The lowest BCUT2D eigenvalue weighted by Crippen LogP contribution is -2.44. The number of carbonyl (C=O) groups is 2. The first-order chi connectivity index (χ1) is 9.42. The summed E-state index contributed by atoms with van der Waals surface area (Å²) >= 11 is 0. The number of carbonyl (C=O) groups excluding carboxylic acids is 2. The first-order valence-electron chi connectivity index (χ1n) is 6.33. The van der Waals surface area contributed by atoms with Crippen molar-refractivity contribution in [2.75, 3.05) is 12.4 Å². The van der Waals surface area contributed by atoms with Gasteiger partial charge in [0.15, 0.2) is 0 Å². The van der Waals surface area contributed by atoms with Crippen LogP contribution in [0.1, 0.15) is 20.3 Å². The predicted molar refractivity (Wildman–Crippen MR) is 73.8 cm³/mol. The van der Waals surface area contributed by atoms with Gasteiger partial charge in [0.2, 0.25) is 0 Å². The maximum absolute atomic E-state index is 12.7. The zero-order chi connectivity index (χ0) is 15.1. The Hall–Kier alpha value is -2.11. The van der Waals surface area contributed by atoms with E-state index in [1.54, 1.807) is 0 Å². The Bertz CT molecular complexity index is 460. The maximum atomic E-state index is 12.7. The Morgan fingerprint density at radius 2 is 1.85 bits per heavy atom.